The van der Waals surface area contributed by atoms with E-state index in [9.17, 15) is 9.59 Å². The lowest BCUT2D eigenvalue weighted by Crippen LogP contribution is -2.50. The summed E-state index contributed by atoms with van der Waals surface area (Å²) in [5.41, 5.74) is 1.15. The van der Waals surface area contributed by atoms with Crippen LogP contribution >= 0.6 is 23.4 Å². The molecule has 2 aromatic carbocycles. The molecule has 0 saturated carbocycles. The predicted molar refractivity (Wildman–Crippen MR) is 121 cm³/mol. The normalized spacial score (nSPS) is 11.7. The van der Waals surface area contributed by atoms with Gasteiger partial charge in [0.15, 0.2) is 0 Å². The van der Waals surface area contributed by atoms with E-state index in [0.29, 0.717) is 24.5 Å². The highest BCUT2D eigenvalue weighted by Gasteiger charge is 2.27. The van der Waals surface area contributed by atoms with Crippen LogP contribution in [0.25, 0.3) is 0 Å². The van der Waals surface area contributed by atoms with Gasteiger partial charge in [-0.05, 0) is 49.1 Å². The lowest BCUT2D eigenvalue weighted by atomic mass is 10.1. The van der Waals surface area contributed by atoms with E-state index in [4.69, 9.17) is 11.6 Å². The van der Waals surface area contributed by atoms with Gasteiger partial charge in [0, 0.05) is 23.0 Å². The molecule has 0 aliphatic heterocycles. The molecule has 0 heterocycles. The van der Waals surface area contributed by atoms with Crippen molar-refractivity contribution in [2.45, 2.75) is 44.0 Å². The smallest absolute Gasteiger partial charge is 0.242 e. The number of nitrogens with zero attached hydrogens (tertiary/aromatic N) is 1. The van der Waals surface area contributed by atoms with E-state index in [-0.39, 0.29) is 17.6 Å². The minimum absolute atomic E-state index is 0.0284. The van der Waals surface area contributed by atoms with Crippen molar-refractivity contribution in [3.05, 3.63) is 65.2 Å². The average molecular weight is 433 g/mol. The molecule has 0 aliphatic rings. The zero-order valence-corrected chi connectivity index (χ0v) is 18.6. The fourth-order valence-electron chi connectivity index (χ4n) is 3.02. The van der Waals surface area contributed by atoms with Gasteiger partial charge in [0.05, 0.1) is 5.75 Å². The third kappa shape index (κ3) is 7.75. The van der Waals surface area contributed by atoms with Crippen molar-refractivity contribution in [1.82, 2.24) is 10.2 Å². The van der Waals surface area contributed by atoms with Gasteiger partial charge in [0.2, 0.25) is 11.8 Å². The number of rotatable bonds is 11. The molecule has 0 radical (unpaired) electrons. The Morgan fingerprint density at radius 2 is 1.76 bits per heavy atom. The van der Waals surface area contributed by atoms with Crippen molar-refractivity contribution < 1.29 is 9.59 Å². The first kappa shape index (κ1) is 23.3. The van der Waals surface area contributed by atoms with Gasteiger partial charge in [-0.15, -0.1) is 11.8 Å². The molecule has 2 aromatic rings. The van der Waals surface area contributed by atoms with Gasteiger partial charge in [0.1, 0.15) is 6.04 Å². The number of hydrogen-bond acceptors (Lipinski definition) is 3. The van der Waals surface area contributed by atoms with Crippen molar-refractivity contribution in [2.75, 3.05) is 18.8 Å². The molecule has 0 fully saturated rings. The summed E-state index contributed by atoms with van der Waals surface area (Å²) < 4.78 is 0. The highest BCUT2D eigenvalue weighted by Crippen LogP contribution is 2.21. The van der Waals surface area contributed by atoms with Crippen LogP contribution in [0, 0.1) is 0 Å². The SMILES string of the molecule is CCCNC(=O)[C@H](CC)N(CCc1ccccc1)C(=O)CSc1ccc(Cl)cc1. The number of nitrogens with one attached hydrogen (secondary N) is 1. The zero-order chi connectivity index (χ0) is 21.1. The number of carbonyl (C=O) groups excluding carboxylic acids is 2. The van der Waals surface area contributed by atoms with Crippen LogP contribution < -0.4 is 5.32 Å². The van der Waals surface area contributed by atoms with Gasteiger partial charge < -0.3 is 10.2 Å². The monoisotopic (exact) mass is 432 g/mol. The highest BCUT2D eigenvalue weighted by atomic mass is 35.5. The molecule has 4 nitrogen and oxygen atoms in total. The van der Waals surface area contributed by atoms with Crippen LogP contribution in [-0.2, 0) is 16.0 Å². The molecule has 0 aliphatic carbocycles. The molecule has 6 heteroatoms. The fourth-order valence-corrected chi connectivity index (χ4v) is 3.93. The molecular formula is C23H29ClN2O2S. The maximum Gasteiger partial charge on any atom is 0.242 e. The van der Waals surface area contributed by atoms with Gasteiger partial charge in [-0.25, -0.2) is 0 Å². The van der Waals surface area contributed by atoms with Crippen molar-refractivity contribution >= 4 is 35.2 Å². The third-order valence-electron chi connectivity index (χ3n) is 4.60. The molecular weight excluding hydrogens is 404 g/mol. The number of halogens is 1. The van der Waals surface area contributed by atoms with Crippen LogP contribution in [0.1, 0.15) is 32.3 Å². The van der Waals surface area contributed by atoms with E-state index in [2.05, 4.69) is 5.32 Å². The van der Waals surface area contributed by atoms with E-state index in [1.165, 1.54) is 11.8 Å². The quantitative estimate of drug-likeness (QED) is 0.518. The topological polar surface area (TPSA) is 49.4 Å². The fraction of sp³-hybridized carbons (Fsp3) is 0.391. The molecule has 29 heavy (non-hydrogen) atoms. The molecule has 1 atom stereocenters. The van der Waals surface area contributed by atoms with Crippen LogP contribution in [0.2, 0.25) is 5.02 Å². The van der Waals surface area contributed by atoms with Crippen LogP contribution in [0.4, 0.5) is 0 Å². The van der Waals surface area contributed by atoms with Gasteiger partial charge in [0.25, 0.3) is 0 Å². The number of benzene rings is 2. The zero-order valence-electron chi connectivity index (χ0n) is 17.1. The maximum atomic E-state index is 13.1. The Kier molecular flexibility index (Phi) is 10.1. The van der Waals surface area contributed by atoms with Gasteiger partial charge >= 0.3 is 0 Å². The molecule has 156 valence electrons. The van der Waals surface area contributed by atoms with E-state index < -0.39 is 6.04 Å². The number of carbonyl (C=O) groups is 2. The Balaban J connectivity index is 2.09. The molecule has 1 N–H and O–H groups in total. The highest BCUT2D eigenvalue weighted by molar-refractivity contribution is 8.00. The second-order valence-electron chi connectivity index (χ2n) is 6.78. The molecule has 0 spiro atoms. The van der Waals surface area contributed by atoms with Gasteiger partial charge in [-0.3, -0.25) is 9.59 Å². The molecule has 0 unspecified atom stereocenters. The summed E-state index contributed by atoms with van der Waals surface area (Å²) in [5.74, 6) is 0.181. The van der Waals surface area contributed by atoms with Gasteiger partial charge in [-0.1, -0.05) is 55.8 Å². The lowest BCUT2D eigenvalue weighted by molar-refractivity contribution is -0.138. The van der Waals surface area contributed by atoms with E-state index in [1.54, 1.807) is 4.90 Å². The second kappa shape index (κ2) is 12.6. The number of amides is 2. The van der Waals surface area contributed by atoms with Gasteiger partial charge in [-0.2, -0.15) is 0 Å². The summed E-state index contributed by atoms with van der Waals surface area (Å²) >= 11 is 7.40. The predicted octanol–water partition coefficient (Wildman–Crippen LogP) is 4.81. The average Bonchev–Trinajstić information content (AvgIpc) is 2.75. The number of thioether (sulfide) groups is 1. The molecule has 2 amide bonds. The lowest BCUT2D eigenvalue weighted by Gasteiger charge is -2.30. The molecule has 2 rings (SSSR count). The Labute approximate surface area is 183 Å². The molecule has 0 aromatic heterocycles. The number of hydrogen-bond donors (Lipinski definition) is 1. The van der Waals surface area contributed by atoms with Crippen molar-refractivity contribution in [1.29, 1.82) is 0 Å². The van der Waals surface area contributed by atoms with Crippen LogP contribution in [0.3, 0.4) is 0 Å². The molecule has 0 bridgehead atoms. The minimum atomic E-state index is -0.455. The summed E-state index contributed by atoms with van der Waals surface area (Å²) in [6.45, 7) is 5.10. The first-order valence-corrected chi connectivity index (χ1v) is 11.4. The van der Waals surface area contributed by atoms with Crippen molar-refractivity contribution in [2.24, 2.45) is 0 Å². The maximum absolute atomic E-state index is 13.1. The van der Waals surface area contributed by atoms with E-state index in [0.717, 1.165) is 23.3 Å². The Morgan fingerprint density at radius 1 is 1.07 bits per heavy atom. The Morgan fingerprint density at radius 3 is 2.38 bits per heavy atom. The standard InChI is InChI=1S/C23H29ClN2O2S/c1-3-15-25-23(28)21(4-2)26(16-14-18-8-6-5-7-9-18)22(27)17-29-20-12-10-19(24)11-13-20/h5-13,21H,3-4,14-17H2,1-2H3,(H,25,28)/t21-/m0/s1. The third-order valence-corrected chi connectivity index (χ3v) is 5.84. The summed E-state index contributed by atoms with van der Waals surface area (Å²) in [6, 6.07) is 17.0. The van der Waals surface area contributed by atoms with Crippen LogP contribution in [0.5, 0.6) is 0 Å². The summed E-state index contributed by atoms with van der Waals surface area (Å²) in [7, 11) is 0. The van der Waals surface area contributed by atoms with Crippen molar-refractivity contribution in [3.8, 4) is 0 Å². The summed E-state index contributed by atoms with van der Waals surface area (Å²) in [5, 5.41) is 3.61. The molecule has 0 saturated heterocycles. The summed E-state index contributed by atoms with van der Waals surface area (Å²) in [4.78, 5) is 28.5. The summed E-state index contributed by atoms with van der Waals surface area (Å²) in [6.07, 6.45) is 2.17. The van der Waals surface area contributed by atoms with E-state index in [1.807, 2.05) is 68.4 Å². The first-order valence-electron chi connectivity index (χ1n) is 10.0. The second-order valence-corrected chi connectivity index (χ2v) is 8.27. The van der Waals surface area contributed by atoms with Crippen molar-refractivity contribution in [3.63, 3.8) is 0 Å². The van der Waals surface area contributed by atoms with E-state index >= 15 is 0 Å². The van der Waals surface area contributed by atoms with Crippen LogP contribution in [0.15, 0.2) is 59.5 Å². The first-order chi connectivity index (χ1) is 14.0. The Hall–Kier alpha value is -1.98. The van der Waals surface area contributed by atoms with Crippen LogP contribution in [-0.4, -0.2) is 41.6 Å². The minimum Gasteiger partial charge on any atom is -0.354 e. The Bertz CT molecular complexity index is 768. The largest absolute Gasteiger partial charge is 0.354 e.